The normalized spacial score (nSPS) is 23.7. The Morgan fingerprint density at radius 2 is 2.00 bits per heavy atom. The maximum Gasteiger partial charge on any atom is 0.165 e. The van der Waals surface area contributed by atoms with Crippen LogP contribution in [-0.4, -0.2) is 47.2 Å². The molecule has 0 aliphatic carbocycles. The fourth-order valence-corrected chi connectivity index (χ4v) is 5.72. The lowest BCUT2D eigenvalue weighted by Crippen LogP contribution is -2.31. The zero-order valence-electron chi connectivity index (χ0n) is 16.8. The number of aromatic nitrogens is 4. The summed E-state index contributed by atoms with van der Waals surface area (Å²) < 4.78 is 15.5. The van der Waals surface area contributed by atoms with Gasteiger partial charge in [0.2, 0.25) is 0 Å². The molecule has 4 heterocycles. The Bertz CT molecular complexity index is 1280. The molecule has 1 aliphatic rings. The lowest BCUT2D eigenvalue weighted by molar-refractivity contribution is 0.0176. The van der Waals surface area contributed by atoms with Crippen LogP contribution in [0.25, 0.3) is 21.9 Å². The monoisotopic (exact) mass is 439 g/mol. The molecule has 1 saturated heterocycles. The summed E-state index contributed by atoms with van der Waals surface area (Å²) in [5.41, 5.74) is 8.88. The second-order valence-electron chi connectivity index (χ2n) is 7.89. The Kier molecular flexibility index (Phi) is 5.04. The molecule has 0 spiro atoms. The van der Waals surface area contributed by atoms with Crippen molar-refractivity contribution in [2.75, 3.05) is 5.73 Å². The molecule has 1 fully saturated rings. The number of fused-ring (bicyclic) bond motifs is 2. The molecule has 7 nitrogen and oxygen atoms in total. The van der Waals surface area contributed by atoms with Crippen molar-refractivity contribution in [3.05, 3.63) is 59.9 Å². The van der Waals surface area contributed by atoms with E-state index in [-0.39, 0.29) is 16.4 Å². The lowest BCUT2D eigenvalue weighted by atomic mass is 10.0. The van der Waals surface area contributed by atoms with Gasteiger partial charge in [0.1, 0.15) is 23.5 Å². The van der Waals surface area contributed by atoms with Crippen molar-refractivity contribution in [1.82, 2.24) is 19.5 Å². The number of pyridine rings is 1. The summed E-state index contributed by atoms with van der Waals surface area (Å²) in [6.45, 7) is 1.92. The molecule has 1 aliphatic heterocycles. The summed E-state index contributed by atoms with van der Waals surface area (Å²) in [4.78, 5) is 12.7. The lowest BCUT2D eigenvalue weighted by Gasteiger charge is -2.17. The molecule has 0 bridgehead atoms. The van der Waals surface area contributed by atoms with E-state index in [0.717, 1.165) is 22.3 Å². The Balaban J connectivity index is 1.34. The minimum Gasteiger partial charge on any atom is -0.389 e. The molecule has 160 valence electrons. The number of nitrogens with zero attached hydrogens (tertiary/aromatic N) is 4. The number of nitrogen functional groups attached to an aromatic ring is 1. The molecule has 5 rings (SSSR count). The van der Waals surface area contributed by atoms with Gasteiger partial charge in [-0.05, 0) is 43.5 Å². The van der Waals surface area contributed by atoms with E-state index in [4.69, 9.17) is 5.73 Å². The first-order valence-electron chi connectivity index (χ1n) is 10.1. The summed E-state index contributed by atoms with van der Waals surface area (Å²) in [6, 6.07) is 8.97. The van der Waals surface area contributed by atoms with Crippen molar-refractivity contribution in [3.8, 4) is 0 Å². The van der Waals surface area contributed by atoms with Crippen molar-refractivity contribution in [1.29, 1.82) is 0 Å². The van der Waals surface area contributed by atoms with E-state index in [2.05, 4.69) is 15.0 Å². The van der Waals surface area contributed by atoms with Gasteiger partial charge in [-0.1, -0.05) is 12.1 Å². The minimum absolute atomic E-state index is 0.115. The number of aliphatic hydroxyl groups excluding tert-OH is 2. The second-order valence-corrected chi connectivity index (χ2v) is 9.25. The van der Waals surface area contributed by atoms with Crippen molar-refractivity contribution in [2.24, 2.45) is 0 Å². The third kappa shape index (κ3) is 3.52. The maximum atomic E-state index is 13.6. The number of rotatable bonds is 4. The zero-order chi connectivity index (χ0) is 21.7. The van der Waals surface area contributed by atoms with E-state index in [1.165, 1.54) is 12.4 Å². The smallest absolute Gasteiger partial charge is 0.165 e. The van der Waals surface area contributed by atoms with Gasteiger partial charge < -0.3 is 20.5 Å². The molecule has 31 heavy (non-hydrogen) atoms. The van der Waals surface area contributed by atoms with Crippen LogP contribution in [0, 0.1) is 12.7 Å². The molecule has 4 N–H and O–H groups in total. The zero-order valence-corrected chi connectivity index (χ0v) is 17.6. The molecule has 4 aromatic rings. The number of hydrogen-bond acceptors (Lipinski definition) is 7. The fourth-order valence-electron chi connectivity index (χ4n) is 4.17. The minimum atomic E-state index is -0.901. The number of nitrogens with two attached hydrogens (primary N) is 1. The third-order valence-corrected chi connectivity index (χ3v) is 7.55. The summed E-state index contributed by atoms with van der Waals surface area (Å²) in [7, 11) is 0. The number of hydrogen-bond donors (Lipinski definition) is 3. The summed E-state index contributed by atoms with van der Waals surface area (Å²) >= 11 is 1.55. The van der Waals surface area contributed by atoms with Crippen LogP contribution in [0.5, 0.6) is 0 Å². The molecule has 4 atom stereocenters. The SMILES string of the molecule is Cc1ncnc2c1ccn2[C@@H]1S[C@@H](CCc2ccc3cc(F)c(N)nc3c2)[C@@H](O)[C@H]1O. The third-order valence-electron chi connectivity index (χ3n) is 5.90. The quantitative estimate of drug-likeness (QED) is 0.448. The Morgan fingerprint density at radius 1 is 1.16 bits per heavy atom. The molecule has 0 saturated carbocycles. The number of aliphatic hydroxyl groups is 2. The van der Waals surface area contributed by atoms with E-state index < -0.39 is 18.0 Å². The predicted molar refractivity (Wildman–Crippen MR) is 119 cm³/mol. The van der Waals surface area contributed by atoms with Crippen LogP contribution in [0.2, 0.25) is 0 Å². The van der Waals surface area contributed by atoms with Gasteiger partial charge in [-0.3, -0.25) is 0 Å². The van der Waals surface area contributed by atoms with Crippen LogP contribution in [0.15, 0.2) is 42.9 Å². The van der Waals surface area contributed by atoms with Gasteiger partial charge >= 0.3 is 0 Å². The first-order chi connectivity index (χ1) is 14.9. The molecule has 0 amide bonds. The number of benzene rings is 1. The van der Waals surface area contributed by atoms with Crippen molar-refractivity contribution >= 4 is 39.5 Å². The highest BCUT2D eigenvalue weighted by molar-refractivity contribution is 8.00. The maximum absolute atomic E-state index is 13.6. The summed E-state index contributed by atoms with van der Waals surface area (Å²) in [5, 5.41) is 22.6. The van der Waals surface area contributed by atoms with Crippen LogP contribution >= 0.6 is 11.8 Å². The standard InChI is InChI=1S/C22H22FN5O2S/c1-11-14-6-7-28(21(14)26-10-25-11)22-19(30)18(29)17(31-22)5-3-12-2-4-13-9-15(23)20(24)27-16(13)8-12/h2,4,6-10,17-19,22,29-30H,3,5H2,1H3,(H2,24,27)/t17-,18+,19+,22+/m0/s1. The summed E-state index contributed by atoms with van der Waals surface area (Å²) in [6.07, 6.45) is 3.02. The Labute approximate surface area is 182 Å². The number of anilines is 1. The molecule has 0 radical (unpaired) electrons. The Morgan fingerprint density at radius 3 is 2.84 bits per heavy atom. The van der Waals surface area contributed by atoms with Gasteiger partial charge in [-0.25, -0.2) is 19.3 Å². The van der Waals surface area contributed by atoms with E-state index in [9.17, 15) is 14.6 Å². The predicted octanol–water partition coefficient (Wildman–Crippen LogP) is 2.98. The largest absolute Gasteiger partial charge is 0.389 e. The van der Waals surface area contributed by atoms with Crippen molar-refractivity contribution in [2.45, 2.75) is 42.6 Å². The van der Waals surface area contributed by atoms with Crippen LogP contribution in [0.3, 0.4) is 0 Å². The van der Waals surface area contributed by atoms with E-state index in [0.29, 0.717) is 23.7 Å². The van der Waals surface area contributed by atoms with Gasteiger partial charge in [0, 0.05) is 22.2 Å². The van der Waals surface area contributed by atoms with Gasteiger partial charge in [0.25, 0.3) is 0 Å². The van der Waals surface area contributed by atoms with Crippen LogP contribution in [-0.2, 0) is 6.42 Å². The molecule has 1 aromatic carbocycles. The number of aryl methyl sites for hydroxylation is 2. The van der Waals surface area contributed by atoms with Crippen LogP contribution in [0.4, 0.5) is 10.2 Å². The highest BCUT2D eigenvalue weighted by Gasteiger charge is 2.43. The van der Waals surface area contributed by atoms with E-state index in [1.807, 2.05) is 42.0 Å². The van der Waals surface area contributed by atoms with Crippen molar-refractivity contribution < 1.29 is 14.6 Å². The first-order valence-corrected chi connectivity index (χ1v) is 11.0. The van der Waals surface area contributed by atoms with Gasteiger partial charge in [-0.2, -0.15) is 0 Å². The number of thioether (sulfide) groups is 1. The fraction of sp³-hybridized carbons (Fsp3) is 0.318. The molecule has 0 unspecified atom stereocenters. The van der Waals surface area contributed by atoms with Crippen LogP contribution in [0.1, 0.15) is 23.1 Å². The molecule has 9 heteroatoms. The van der Waals surface area contributed by atoms with E-state index in [1.54, 1.807) is 11.8 Å². The van der Waals surface area contributed by atoms with Gasteiger partial charge in [0.15, 0.2) is 11.6 Å². The molecular formula is C22H22FN5O2S. The first kappa shape index (κ1) is 20.2. The van der Waals surface area contributed by atoms with Gasteiger partial charge in [0.05, 0.1) is 17.3 Å². The second kappa shape index (κ2) is 7.74. The van der Waals surface area contributed by atoms with Gasteiger partial charge in [-0.15, -0.1) is 11.8 Å². The average Bonchev–Trinajstić information content (AvgIpc) is 3.30. The Hall–Kier alpha value is -2.75. The molecule has 3 aromatic heterocycles. The summed E-state index contributed by atoms with van der Waals surface area (Å²) in [5.74, 6) is -0.640. The highest BCUT2D eigenvalue weighted by Crippen LogP contribution is 2.45. The van der Waals surface area contributed by atoms with E-state index >= 15 is 0 Å². The number of halogens is 1. The average molecular weight is 440 g/mol. The molecular weight excluding hydrogens is 417 g/mol. The topological polar surface area (TPSA) is 110 Å². The highest BCUT2D eigenvalue weighted by atomic mass is 32.2. The van der Waals surface area contributed by atoms with Crippen molar-refractivity contribution in [3.63, 3.8) is 0 Å². The van der Waals surface area contributed by atoms with Crippen LogP contribution < -0.4 is 5.73 Å².